The van der Waals surface area contributed by atoms with Crippen LogP contribution in [0.25, 0.3) is 0 Å². The SMILES string of the molecule is COc1ccc(N(C(=O)COc2ccc(C(C)(C)C)cc2)S(=O)(=O)c2ccccc2)cc1Cl. The highest BCUT2D eigenvalue weighted by Crippen LogP contribution is 2.32. The number of benzene rings is 3. The van der Waals surface area contributed by atoms with Crippen LogP contribution in [0.4, 0.5) is 5.69 Å². The average molecular weight is 488 g/mol. The van der Waals surface area contributed by atoms with E-state index in [0.29, 0.717) is 15.8 Å². The third kappa shape index (κ3) is 5.67. The van der Waals surface area contributed by atoms with E-state index >= 15 is 0 Å². The molecule has 0 heterocycles. The zero-order valence-electron chi connectivity index (χ0n) is 18.9. The first-order valence-electron chi connectivity index (χ1n) is 10.2. The summed E-state index contributed by atoms with van der Waals surface area (Å²) in [7, 11) is -2.77. The normalized spacial score (nSPS) is 11.7. The van der Waals surface area contributed by atoms with Gasteiger partial charge in [0.05, 0.1) is 22.7 Å². The second kappa shape index (κ2) is 9.85. The molecular weight excluding hydrogens is 462 g/mol. The maximum atomic E-state index is 13.4. The Bertz CT molecular complexity index is 1220. The van der Waals surface area contributed by atoms with Gasteiger partial charge in [0.2, 0.25) is 0 Å². The summed E-state index contributed by atoms with van der Waals surface area (Å²) in [5.74, 6) is 0.0567. The summed E-state index contributed by atoms with van der Waals surface area (Å²) in [5, 5.41) is 0.176. The van der Waals surface area contributed by atoms with Crippen LogP contribution in [0.3, 0.4) is 0 Å². The first kappa shape index (κ1) is 24.6. The Kier molecular flexibility index (Phi) is 7.34. The maximum Gasteiger partial charge on any atom is 0.278 e. The molecule has 0 unspecified atom stereocenters. The third-order valence-corrected chi connectivity index (χ3v) is 7.02. The highest BCUT2D eigenvalue weighted by atomic mass is 35.5. The monoisotopic (exact) mass is 487 g/mol. The predicted molar refractivity (Wildman–Crippen MR) is 130 cm³/mol. The highest BCUT2D eigenvalue weighted by molar-refractivity contribution is 7.93. The molecule has 1 amide bonds. The largest absolute Gasteiger partial charge is 0.495 e. The summed E-state index contributed by atoms with van der Waals surface area (Å²) in [6.45, 7) is 5.81. The molecule has 3 rings (SSSR count). The van der Waals surface area contributed by atoms with Crippen LogP contribution in [0.2, 0.25) is 5.02 Å². The molecule has 0 aromatic heterocycles. The minimum absolute atomic E-state index is 0.0253. The molecule has 0 N–H and O–H groups in total. The highest BCUT2D eigenvalue weighted by Gasteiger charge is 2.32. The van der Waals surface area contributed by atoms with Crippen molar-refractivity contribution in [1.82, 2.24) is 0 Å². The Morgan fingerprint density at radius 1 is 0.970 bits per heavy atom. The van der Waals surface area contributed by atoms with E-state index < -0.39 is 22.5 Å². The number of nitrogens with zero attached hydrogens (tertiary/aromatic N) is 1. The fourth-order valence-corrected chi connectivity index (χ4v) is 4.83. The number of sulfonamides is 1. The van der Waals surface area contributed by atoms with Crippen LogP contribution < -0.4 is 13.8 Å². The lowest BCUT2D eigenvalue weighted by Crippen LogP contribution is -2.40. The number of anilines is 1. The number of carbonyl (C=O) groups excluding carboxylic acids is 1. The Balaban J connectivity index is 1.92. The summed E-state index contributed by atoms with van der Waals surface area (Å²) in [6, 6.07) is 19.4. The summed E-state index contributed by atoms with van der Waals surface area (Å²) in [6.07, 6.45) is 0. The van der Waals surface area contributed by atoms with Crippen LogP contribution in [0.1, 0.15) is 26.3 Å². The smallest absolute Gasteiger partial charge is 0.278 e. The maximum absolute atomic E-state index is 13.4. The number of hydrogen-bond donors (Lipinski definition) is 0. The number of carbonyl (C=O) groups is 1. The van der Waals surface area contributed by atoms with E-state index in [1.165, 1.54) is 37.4 Å². The Labute approximate surface area is 199 Å². The number of amides is 1. The molecule has 6 nitrogen and oxygen atoms in total. The van der Waals surface area contributed by atoms with Gasteiger partial charge in [0.1, 0.15) is 11.5 Å². The van der Waals surface area contributed by atoms with Crippen LogP contribution in [0.5, 0.6) is 11.5 Å². The van der Waals surface area contributed by atoms with E-state index in [1.54, 1.807) is 30.3 Å². The molecule has 33 heavy (non-hydrogen) atoms. The van der Waals surface area contributed by atoms with Gasteiger partial charge in [0.15, 0.2) is 6.61 Å². The van der Waals surface area contributed by atoms with Crippen molar-refractivity contribution in [2.24, 2.45) is 0 Å². The molecule has 0 spiro atoms. The first-order valence-corrected chi connectivity index (χ1v) is 12.1. The molecule has 0 fully saturated rings. The fraction of sp³-hybridized carbons (Fsp3) is 0.240. The van der Waals surface area contributed by atoms with Crippen molar-refractivity contribution in [2.45, 2.75) is 31.1 Å². The molecule has 0 aliphatic rings. The lowest BCUT2D eigenvalue weighted by atomic mass is 9.87. The van der Waals surface area contributed by atoms with Gasteiger partial charge in [-0.05, 0) is 53.4 Å². The van der Waals surface area contributed by atoms with Crippen molar-refractivity contribution in [3.05, 3.63) is 83.4 Å². The molecule has 3 aromatic carbocycles. The number of rotatable bonds is 7. The van der Waals surface area contributed by atoms with Gasteiger partial charge in [-0.15, -0.1) is 0 Å². The van der Waals surface area contributed by atoms with Crippen LogP contribution in [0.15, 0.2) is 77.7 Å². The van der Waals surface area contributed by atoms with Gasteiger partial charge >= 0.3 is 0 Å². The Morgan fingerprint density at radius 2 is 1.61 bits per heavy atom. The van der Waals surface area contributed by atoms with Gasteiger partial charge < -0.3 is 9.47 Å². The van der Waals surface area contributed by atoms with E-state index in [1.807, 2.05) is 12.1 Å². The number of halogens is 1. The van der Waals surface area contributed by atoms with Crippen molar-refractivity contribution in [2.75, 3.05) is 18.0 Å². The minimum Gasteiger partial charge on any atom is -0.495 e. The standard InChI is InChI=1S/C25H26ClNO5S/c1-25(2,3)18-10-13-20(14-11-18)32-17-24(28)27(19-12-15-23(31-4)22(26)16-19)33(29,30)21-8-6-5-7-9-21/h5-16H,17H2,1-4H3. The quantitative estimate of drug-likeness (QED) is 0.443. The Morgan fingerprint density at radius 3 is 2.15 bits per heavy atom. The zero-order valence-corrected chi connectivity index (χ0v) is 20.5. The van der Waals surface area contributed by atoms with E-state index in [4.69, 9.17) is 21.1 Å². The third-order valence-electron chi connectivity index (χ3n) is 4.96. The number of hydrogen-bond acceptors (Lipinski definition) is 5. The molecule has 174 valence electrons. The van der Waals surface area contributed by atoms with Gasteiger partial charge in [-0.1, -0.05) is 62.7 Å². The van der Waals surface area contributed by atoms with Crippen molar-refractivity contribution >= 4 is 33.2 Å². The zero-order chi connectivity index (χ0) is 24.2. The molecule has 0 radical (unpaired) electrons. The van der Waals surface area contributed by atoms with Crippen molar-refractivity contribution < 1.29 is 22.7 Å². The van der Waals surface area contributed by atoms with E-state index in [-0.39, 0.29) is 21.0 Å². The average Bonchev–Trinajstić information content (AvgIpc) is 2.78. The van der Waals surface area contributed by atoms with Gasteiger partial charge in [0.25, 0.3) is 15.9 Å². The second-order valence-electron chi connectivity index (χ2n) is 8.36. The van der Waals surface area contributed by atoms with Crippen LogP contribution in [0, 0.1) is 0 Å². The van der Waals surface area contributed by atoms with Crippen LogP contribution in [-0.4, -0.2) is 28.0 Å². The number of ether oxygens (including phenoxy) is 2. The van der Waals surface area contributed by atoms with Gasteiger partial charge in [0, 0.05) is 0 Å². The lowest BCUT2D eigenvalue weighted by molar-refractivity contribution is -0.119. The van der Waals surface area contributed by atoms with E-state index in [2.05, 4.69) is 20.8 Å². The molecular formula is C25H26ClNO5S. The van der Waals surface area contributed by atoms with Gasteiger partial charge in [-0.2, -0.15) is 4.31 Å². The lowest BCUT2D eigenvalue weighted by Gasteiger charge is -2.23. The van der Waals surface area contributed by atoms with E-state index in [9.17, 15) is 13.2 Å². The molecule has 8 heteroatoms. The van der Waals surface area contributed by atoms with Gasteiger partial charge in [-0.25, -0.2) is 8.42 Å². The second-order valence-corrected chi connectivity index (χ2v) is 10.6. The minimum atomic E-state index is -4.22. The van der Waals surface area contributed by atoms with Gasteiger partial charge in [-0.3, -0.25) is 4.79 Å². The molecule has 0 atom stereocenters. The first-order chi connectivity index (χ1) is 15.5. The summed E-state index contributed by atoms with van der Waals surface area (Å²) in [5.41, 5.74) is 1.17. The van der Waals surface area contributed by atoms with E-state index in [0.717, 1.165) is 5.56 Å². The van der Waals surface area contributed by atoms with Crippen LogP contribution >= 0.6 is 11.6 Å². The molecule has 0 aliphatic carbocycles. The van der Waals surface area contributed by atoms with Crippen molar-refractivity contribution in [1.29, 1.82) is 0 Å². The molecule has 0 aliphatic heterocycles. The summed E-state index contributed by atoms with van der Waals surface area (Å²) < 4.78 is 38.2. The topological polar surface area (TPSA) is 72.9 Å². The molecule has 0 bridgehead atoms. The molecule has 0 saturated heterocycles. The van der Waals surface area contributed by atoms with Crippen molar-refractivity contribution in [3.63, 3.8) is 0 Å². The summed E-state index contributed by atoms with van der Waals surface area (Å²) >= 11 is 6.21. The fourth-order valence-electron chi connectivity index (χ4n) is 3.15. The number of methoxy groups -OCH3 is 1. The molecule has 0 saturated carbocycles. The van der Waals surface area contributed by atoms with Crippen LogP contribution in [-0.2, 0) is 20.2 Å². The van der Waals surface area contributed by atoms with Crippen molar-refractivity contribution in [3.8, 4) is 11.5 Å². The Hall–Kier alpha value is -3.03. The molecule has 3 aromatic rings. The summed E-state index contributed by atoms with van der Waals surface area (Å²) in [4.78, 5) is 13.1. The predicted octanol–water partition coefficient (Wildman–Crippen LogP) is 5.45.